The lowest BCUT2D eigenvalue weighted by Gasteiger charge is -2.12. The van der Waals surface area contributed by atoms with Crippen LogP contribution in [0.15, 0.2) is 50.8 Å². The van der Waals surface area contributed by atoms with Crippen LogP contribution in [0.1, 0.15) is 12.5 Å². The van der Waals surface area contributed by atoms with Crippen molar-refractivity contribution in [1.29, 1.82) is 0 Å². The predicted molar refractivity (Wildman–Crippen MR) is 120 cm³/mol. The number of nitrogens with zero attached hydrogens (tertiary/aromatic N) is 2. The standard InChI is InChI=1S/C21H18BrFN2O5S/c1-3-25-20(28)17(31-21(25)24-14-6-4-13(23)5-7-14)10-12-8-15(22)19(16(9-12)29-2)30-11-18(26)27/h4-10H,3,11H2,1-2H3,(H,26,27)/b17-10+,24-21?. The van der Waals surface area contributed by atoms with Crippen LogP contribution in [0.2, 0.25) is 0 Å². The summed E-state index contributed by atoms with van der Waals surface area (Å²) in [5.41, 5.74) is 1.20. The van der Waals surface area contributed by atoms with Gasteiger partial charge in [0.15, 0.2) is 23.3 Å². The van der Waals surface area contributed by atoms with E-state index >= 15 is 0 Å². The van der Waals surface area contributed by atoms with Gasteiger partial charge in [0.1, 0.15) is 5.82 Å². The van der Waals surface area contributed by atoms with Crippen molar-refractivity contribution in [1.82, 2.24) is 4.90 Å². The lowest BCUT2D eigenvalue weighted by molar-refractivity contribution is -0.139. The molecule has 1 N–H and O–H groups in total. The zero-order chi connectivity index (χ0) is 22.5. The Hall–Kier alpha value is -2.85. The molecule has 2 aromatic carbocycles. The molecule has 1 aliphatic rings. The molecule has 10 heteroatoms. The number of carbonyl (C=O) groups is 2. The second kappa shape index (κ2) is 9.97. The van der Waals surface area contributed by atoms with Gasteiger partial charge in [-0.05, 0) is 82.7 Å². The molecule has 3 rings (SSSR count). The number of methoxy groups -OCH3 is 1. The minimum Gasteiger partial charge on any atom is -0.493 e. The second-order valence-electron chi connectivity index (χ2n) is 6.25. The summed E-state index contributed by atoms with van der Waals surface area (Å²) in [6, 6.07) is 9.05. The molecule has 0 atom stereocenters. The van der Waals surface area contributed by atoms with Crippen LogP contribution < -0.4 is 9.47 Å². The van der Waals surface area contributed by atoms with Crippen LogP contribution in [-0.4, -0.2) is 47.3 Å². The van der Waals surface area contributed by atoms with E-state index < -0.39 is 12.6 Å². The Labute approximate surface area is 190 Å². The van der Waals surface area contributed by atoms with Gasteiger partial charge in [0.2, 0.25) is 0 Å². The summed E-state index contributed by atoms with van der Waals surface area (Å²) in [5, 5.41) is 9.33. The van der Waals surface area contributed by atoms with E-state index in [1.807, 2.05) is 6.92 Å². The van der Waals surface area contributed by atoms with Crippen LogP contribution in [-0.2, 0) is 9.59 Å². The maximum Gasteiger partial charge on any atom is 0.341 e. The molecular weight excluding hydrogens is 491 g/mol. The molecule has 1 saturated heterocycles. The zero-order valence-corrected chi connectivity index (χ0v) is 19.0. The van der Waals surface area contributed by atoms with E-state index in [4.69, 9.17) is 14.6 Å². The van der Waals surface area contributed by atoms with Gasteiger partial charge in [-0.25, -0.2) is 14.2 Å². The van der Waals surface area contributed by atoms with E-state index in [-0.39, 0.29) is 17.5 Å². The van der Waals surface area contributed by atoms with Gasteiger partial charge in [0.05, 0.1) is 22.2 Å². The first-order valence-electron chi connectivity index (χ1n) is 9.10. The quantitative estimate of drug-likeness (QED) is 0.546. The largest absolute Gasteiger partial charge is 0.493 e. The minimum absolute atomic E-state index is 0.199. The Bertz CT molecular complexity index is 1070. The number of halogens is 2. The van der Waals surface area contributed by atoms with Crippen molar-refractivity contribution in [3.8, 4) is 11.5 Å². The SMILES string of the molecule is CCN1C(=O)/C(=C\c2cc(Br)c(OCC(=O)O)c(OC)c2)SC1=Nc1ccc(F)cc1. The summed E-state index contributed by atoms with van der Waals surface area (Å²) in [6.07, 6.45) is 1.69. The van der Waals surface area contributed by atoms with Crippen molar-refractivity contribution in [2.75, 3.05) is 20.3 Å². The smallest absolute Gasteiger partial charge is 0.341 e. The van der Waals surface area contributed by atoms with Crippen LogP contribution in [0.25, 0.3) is 6.08 Å². The summed E-state index contributed by atoms with van der Waals surface area (Å²) in [5.74, 6) is -1.09. The highest BCUT2D eigenvalue weighted by Crippen LogP contribution is 2.39. The van der Waals surface area contributed by atoms with E-state index in [9.17, 15) is 14.0 Å². The third kappa shape index (κ3) is 5.45. The highest BCUT2D eigenvalue weighted by Gasteiger charge is 2.32. The van der Waals surface area contributed by atoms with Crippen LogP contribution >= 0.6 is 27.7 Å². The highest BCUT2D eigenvalue weighted by molar-refractivity contribution is 9.10. The first-order chi connectivity index (χ1) is 14.8. The Morgan fingerprint density at radius 3 is 2.65 bits per heavy atom. The first-order valence-corrected chi connectivity index (χ1v) is 10.7. The topological polar surface area (TPSA) is 88.4 Å². The van der Waals surface area contributed by atoms with Crippen molar-refractivity contribution < 1.29 is 28.6 Å². The third-order valence-corrected chi connectivity index (χ3v) is 5.74. The summed E-state index contributed by atoms with van der Waals surface area (Å²) < 4.78 is 24.2. The Morgan fingerprint density at radius 1 is 1.32 bits per heavy atom. The molecule has 0 saturated carbocycles. The number of hydrogen-bond acceptors (Lipinski definition) is 6. The normalized spacial score (nSPS) is 16.3. The van der Waals surface area contributed by atoms with Gasteiger partial charge < -0.3 is 14.6 Å². The number of aliphatic carboxylic acids is 1. The minimum atomic E-state index is -1.11. The molecule has 31 heavy (non-hydrogen) atoms. The van der Waals surface area contributed by atoms with E-state index in [1.54, 1.807) is 30.3 Å². The molecule has 0 bridgehead atoms. The number of hydrogen-bond donors (Lipinski definition) is 1. The number of ether oxygens (including phenoxy) is 2. The van der Waals surface area contributed by atoms with E-state index in [0.717, 1.165) is 0 Å². The van der Waals surface area contributed by atoms with E-state index in [0.29, 0.717) is 38.1 Å². The summed E-state index contributed by atoms with van der Waals surface area (Å²) in [4.78, 5) is 30.1. The highest BCUT2D eigenvalue weighted by atomic mass is 79.9. The van der Waals surface area contributed by atoms with Gasteiger partial charge in [-0.3, -0.25) is 9.69 Å². The summed E-state index contributed by atoms with van der Waals surface area (Å²) in [6.45, 7) is 1.76. The van der Waals surface area contributed by atoms with Gasteiger partial charge in [-0.1, -0.05) is 0 Å². The van der Waals surface area contributed by atoms with Crippen molar-refractivity contribution in [2.45, 2.75) is 6.92 Å². The maximum absolute atomic E-state index is 13.1. The molecule has 0 radical (unpaired) electrons. The van der Waals surface area contributed by atoms with Gasteiger partial charge >= 0.3 is 5.97 Å². The van der Waals surface area contributed by atoms with Crippen LogP contribution in [0, 0.1) is 5.82 Å². The number of benzene rings is 2. The second-order valence-corrected chi connectivity index (χ2v) is 8.11. The number of thioether (sulfide) groups is 1. The number of carboxylic acid groups (broad SMARTS) is 1. The average Bonchev–Trinajstić information content (AvgIpc) is 3.02. The lowest BCUT2D eigenvalue weighted by atomic mass is 10.2. The molecule has 0 aromatic heterocycles. The van der Waals surface area contributed by atoms with Crippen molar-refractivity contribution in [3.05, 3.63) is 57.2 Å². The van der Waals surface area contributed by atoms with Crippen molar-refractivity contribution in [3.63, 3.8) is 0 Å². The number of amides is 1. The van der Waals surface area contributed by atoms with Crippen LogP contribution in [0.4, 0.5) is 10.1 Å². The summed E-state index contributed by atoms with van der Waals surface area (Å²) in [7, 11) is 1.44. The molecule has 162 valence electrons. The molecule has 1 fully saturated rings. The van der Waals surface area contributed by atoms with Gasteiger partial charge in [-0.15, -0.1) is 0 Å². The molecule has 0 aliphatic carbocycles. The Balaban J connectivity index is 1.92. The van der Waals surface area contributed by atoms with E-state index in [1.165, 1.54) is 35.9 Å². The van der Waals surface area contributed by atoms with Crippen molar-refractivity contribution >= 4 is 56.5 Å². The molecule has 1 aliphatic heterocycles. The number of aliphatic imine (C=N–C) groups is 1. The van der Waals surface area contributed by atoms with Gasteiger partial charge in [-0.2, -0.15) is 0 Å². The Morgan fingerprint density at radius 2 is 2.03 bits per heavy atom. The van der Waals surface area contributed by atoms with Gasteiger partial charge in [0.25, 0.3) is 5.91 Å². The fourth-order valence-electron chi connectivity index (χ4n) is 2.74. The first kappa shape index (κ1) is 22.8. The number of amidine groups is 1. The zero-order valence-electron chi connectivity index (χ0n) is 16.6. The number of carboxylic acids is 1. The van der Waals surface area contributed by atoms with E-state index in [2.05, 4.69) is 20.9 Å². The number of likely N-dealkylation sites (N-methyl/N-ethyl adjacent to an activating group) is 1. The van der Waals surface area contributed by atoms with Crippen LogP contribution in [0.3, 0.4) is 0 Å². The molecule has 7 nitrogen and oxygen atoms in total. The number of rotatable bonds is 7. The fourth-order valence-corrected chi connectivity index (χ4v) is 4.38. The molecule has 1 amide bonds. The molecule has 0 unspecified atom stereocenters. The third-order valence-electron chi connectivity index (χ3n) is 4.15. The lowest BCUT2D eigenvalue weighted by Crippen LogP contribution is -2.28. The Kier molecular flexibility index (Phi) is 7.34. The maximum atomic E-state index is 13.1. The fraction of sp³-hybridized carbons (Fsp3) is 0.190. The molecule has 2 aromatic rings. The van der Waals surface area contributed by atoms with Crippen molar-refractivity contribution in [2.24, 2.45) is 4.99 Å². The molecular formula is C21H18BrFN2O5S. The monoisotopic (exact) mass is 508 g/mol. The molecule has 0 spiro atoms. The predicted octanol–water partition coefficient (Wildman–Crippen LogP) is 4.68. The summed E-state index contributed by atoms with van der Waals surface area (Å²) >= 11 is 4.57. The average molecular weight is 509 g/mol. The van der Waals surface area contributed by atoms with Gasteiger partial charge in [0, 0.05) is 6.54 Å². The molecule has 1 heterocycles. The number of carbonyl (C=O) groups excluding carboxylic acids is 1. The van der Waals surface area contributed by atoms with Crippen LogP contribution in [0.5, 0.6) is 11.5 Å².